The zero-order valence-corrected chi connectivity index (χ0v) is 12.7. The SMILES string of the molecule is CCCC(C)(N)C(=O)NCCCN1CCCCCC1. The summed E-state index contributed by atoms with van der Waals surface area (Å²) in [5.74, 6) is -0.00906. The van der Waals surface area contributed by atoms with Crippen molar-refractivity contribution in [2.45, 2.75) is 64.3 Å². The minimum absolute atomic E-state index is 0.00906. The number of rotatable bonds is 7. The molecule has 4 heteroatoms. The van der Waals surface area contributed by atoms with Crippen molar-refractivity contribution in [1.82, 2.24) is 10.2 Å². The lowest BCUT2D eigenvalue weighted by Gasteiger charge is -2.24. The quantitative estimate of drug-likeness (QED) is 0.694. The van der Waals surface area contributed by atoms with E-state index in [2.05, 4.69) is 17.1 Å². The Labute approximate surface area is 118 Å². The first-order chi connectivity index (χ1) is 9.06. The lowest BCUT2D eigenvalue weighted by atomic mass is 9.96. The Hall–Kier alpha value is -0.610. The molecule has 1 amide bonds. The van der Waals surface area contributed by atoms with Crippen LogP contribution in [0.1, 0.15) is 58.8 Å². The second-order valence-corrected chi connectivity index (χ2v) is 6.03. The highest BCUT2D eigenvalue weighted by molar-refractivity contribution is 5.85. The number of hydrogen-bond donors (Lipinski definition) is 2. The molecule has 0 aromatic heterocycles. The molecular weight excluding hydrogens is 238 g/mol. The van der Waals surface area contributed by atoms with E-state index >= 15 is 0 Å². The van der Waals surface area contributed by atoms with E-state index in [-0.39, 0.29) is 5.91 Å². The summed E-state index contributed by atoms with van der Waals surface area (Å²) in [6.45, 7) is 8.15. The summed E-state index contributed by atoms with van der Waals surface area (Å²) in [5.41, 5.74) is 5.28. The first-order valence-corrected chi connectivity index (χ1v) is 7.86. The van der Waals surface area contributed by atoms with Crippen molar-refractivity contribution >= 4 is 5.91 Å². The van der Waals surface area contributed by atoms with E-state index in [1.165, 1.54) is 38.8 Å². The lowest BCUT2D eigenvalue weighted by molar-refractivity contribution is -0.126. The highest BCUT2D eigenvalue weighted by Crippen LogP contribution is 2.10. The van der Waals surface area contributed by atoms with Crippen LogP contribution < -0.4 is 11.1 Å². The molecule has 1 aliphatic rings. The maximum Gasteiger partial charge on any atom is 0.239 e. The molecule has 0 radical (unpaired) electrons. The second kappa shape index (κ2) is 8.54. The number of nitrogens with zero attached hydrogens (tertiary/aromatic N) is 1. The Morgan fingerprint density at radius 1 is 1.26 bits per heavy atom. The van der Waals surface area contributed by atoms with Gasteiger partial charge in [0.25, 0.3) is 0 Å². The van der Waals surface area contributed by atoms with E-state index in [9.17, 15) is 4.79 Å². The van der Waals surface area contributed by atoms with Gasteiger partial charge in [-0.15, -0.1) is 0 Å². The van der Waals surface area contributed by atoms with Crippen LogP contribution in [-0.2, 0) is 4.79 Å². The van der Waals surface area contributed by atoms with Crippen molar-refractivity contribution in [2.75, 3.05) is 26.2 Å². The molecule has 0 aromatic carbocycles. The van der Waals surface area contributed by atoms with E-state index < -0.39 is 5.54 Å². The minimum atomic E-state index is -0.711. The number of carbonyl (C=O) groups is 1. The average molecular weight is 269 g/mol. The lowest BCUT2D eigenvalue weighted by Crippen LogP contribution is -2.51. The van der Waals surface area contributed by atoms with Crippen LogP contribution in [0.5, 0.6) is 0 Å². The summed E-state index contributed by atoms with van der Waals surface area (Å²) in [6, 6.07) is 0. The van der Waals surface area contributed by atoms with Crippen LogP contribution in [-0.4, -0.2) is 42.5 Å². The van der Waals surface area contributed by atoms with Gasteiger partial charge in [0.15, 0.2) is 0 Å². The third-order valence-electron chi connectivity index (χ3n) is 3.92. The summed E-state index contributed by atoms with van der Waals surface area (Å²) in [4.78, 5) is 14.4. The standard InChI is InChI=1S/C15H31N3O/c1-3-9-15(2,16)14(19)17-10-8-13-18-11-6-4-5-7-12-18/h3-13,16H2,1-2H3,(H,17,19). The molecule has 1 saturated heterocycles. The van der Waals surface area contributed by atoms with Gasteiger partial charge in [0.05, 0.1) is 5.54 Å². The fourth-order valence-electron chi connectivity index (χ4n) is 2.70. The van der Waals surface area contributed by atoms with Crippen LogP contribution in [0.15, 0.2) is 0 Å². The molecule has 3 N–H and O–H groups in total. The minimum Gasteiger partial charge on any atom is -0.354 e. The van der Waals surface area contributed by atoms with Gasteiger partial charge in [-0.1, -0.05) is 26.2 Å². The van der Waals surface area contributed by atoms with E-state index in [1.807, 2.05) is 6.92 Å². The van der Waals surface area contributed by atoms with Crippen molar-refractivity contribution < 1.29 is 4.79 Å². The van der Waals surface area contributed by atoms with Crippen molar-refractivity contribution in [3.05, 3.63) is 0 Å². The Kier molecular flexibility index (Phi) is 7.39. The summed E-state index contributed by atoms with van der Waals surface area (Å²) < 4.78 is 0. The summed E-state index contributed by atoms with van der Waals surface area (Å²) in [5, 5.41) is 2.97. The third-order valence-corrected chi connectivity index (χ3v) is 3.92. The molecule has 19 heavy (non-hydrogen) atoms. The summed E-state index contributed by atoms with van der Waals surface area (Å²) in [6.07, 6.45) is 8.09. The topological polar surface area (TPSA) is 58.4 Å². The predicted octanol–water partition coefficient (Wildman–Crippen LogP) is 1.89. The molecule has 0 saturated carbocycles. The van der Waals surface area contributed by atoms with E-state index in [0.29, 0.717) is 0 Å². The average Bonchev–Trinajstić information content (AvgIpc) is 2.62. The molecule has 1 rings (SSSR count). The summed E-state index contributed by atoms with van der Waals surface area (Å²) in [7, 11) is 0. The van der Waals surface area contributed by atoms with Crippen LogP contribution in [0.2, 0.25) is 0 Å². The number of nitrogens with two attached hydrogens (primary N) is 1. The summed E-state index contributed by atoms with van der Waals surface area (Å²) >= 11 is 0. The van der Waals surface area contributed by atoms with Crippen LogP contribution in [0, 0.1) is 0 Å². The fourth-order valence-corrected chi connectivity index (χ4v) is 2.70. The normalized spacial score (nSPS) is 20.6. The molecule has 4 nitrogen and oxygen atoms in total. The Morgan fingerprint density at radius 2 is 1.89 bits per heavy atom. The van der Waals surface area contributed by atoms with Gasteiger partial charge in [-0.05, 0) is 52.2 Å². The van der Waals surface area contributed by atoms with E-state index in [1.54, 1.807) is 0 Å². The molecule has 0 aliphatic carbocycles. The van der Waals surface area contributed by atoms with Crippen molar-refractivity contribution in [3.8, 4) is 0 Å². The largest absolute Gasteiger partial charge is 0.354 e. The van der Waals surface area contributed by atoms with Crippen LogP contribution in [0.25, 0.3) is 0 Å². The molecule has 112 valence electrons. The van der Waals surface area contributed by atoms with Crippen molar-refractivity contribution in [3.63, 3.8) is 0 Å². The first kappa shape index (κ1) is 16.4. The third kappa shape index (κ3) is 6.39. The number of amides is 1. The monoisotopic (exact) mass is 269 g/mol. The van der Waals surface area contributed by atoms with Gasteiger partial charge in [-0.3, -0.25) is 4.79 Å². The zero-order valence-electron chi connectivity index (χ0n) is 12.7. The molecule has 0 spiro atoms. The fraction of sp³-hybridized carbons (Fsp3) is 0.933. The maximum absolute atomic E-state index is 11.9. The molecule has 1 aliphatic heterocycles. The van der Waals surface area contributed by atoms with Crippen LogP contribution in [0.3, 0.4) is 0 Å². The number of nitrogens with one attached hydrogen (secondary N) is 1. The predicted molar refractivity (Wildman–Crippen MR) is 80.0 cm³/mol. The van der Waals surface area contributed by atoms with Crippen molar-refractivity contribution in [1.29, 1.82) is 0 Å². The molecule has 0 aromatic rings. The smallest absolute Gasteiger partial charge is 0.239 e. The number of likely N-dealkylation sites (tertiary alicyclic amines) is 1. The van der Waals surface area contributed by atoms with Gasteiger partial charge in [0, 0.05) is 6.54 Å². The van der Waals surface area contributed by atoms with Gasteiger partial charge >= 0.3 is 0 Å². The van der Waals surface area contributed by atoms with Gasteiger partial charge < -0.3 is 16.0 Å². The van der Waals surface area contributed by atoms with Gasteiger partial charge in [0.2, 0.25) is 5.91 Å². The van der Waals surface area contributed by atoms with Gasteiger partial charge in [-0.2, -0.15) is 0 Å². The van der Waals surface area contributed by atoms with E-state index in [0.717, 1.165) is 32.4 Å². The zero-order chi connectivity index (χ0) is 14.1. The Balaban J connectivity index is 2.14. The van der Waals surface area contributed by atoms with Gasteiger partial charge in [-0.25, -0.2) is 0 Å². The molecule has 0 bridgehead atoms. The molecule has 1 atom stereocenters. The first-order valence-electron chi connectivity index (χ1n) is 7.86. The molecular formula is C15H31N3O. The number of carbonyl (C=O) groups excluding carboxylic acids is 1. The Morgan fingerprint density at radius 3 is 2.47 bits per heavy atom. The highest BCUT2D eigenvalue weighted by Gasteiger charge is 2.26. The van der Waals surface area contributed by atoms with E-state index in [4.69, 9.17) is 5.73 Å². The molecule has 1 unspecified atom stereocenters. The number of hydrogen-bond acceptors (Lipinski definition) is 3. The molecule has 1 fully saturated rings. The molecule has 1 heterocycles. The van der Waals surface area contributed by atoms with Crippen LogP contribution in [0.4, 0.5) is 0 Å². The van der Waals surface area contributed by atoms with Crippen molar-refractivity contribution in [2.24, 2.45) is 5.73 Å². The highest BCUT2D eigenvalue weighted by atomic mass is 16.2. The Bertz CT molecular complexity index is 258. The maximum atomic E-state index is 11.9. The van der Waals surface area contributed by atoms with Crippen LogP contribution >= 0.6 is 0 Å². The second-order valence-electron chi connectivity index (χ2n) is 6.03. The van der Waals surface area contributed by atoms with Gasteiger partial charge in [0.1, 0.15) is 0 Å².